The molecule has 0 spiro atoms. The number of carbonyl (C=O) groups excluding carboxylic acids is 1. The van der Waals surface area contributed by atoms with Gasteiger partial charge in [0.15, 0.2) is 6.10 Å². The average molecular weight is 278 g/mol. The molecular weight excluding hydrogens is 260 g/mol. The molecule has 1 N–H and O–H groups in total. The van der Waals surface area contributed by atoms with Gasteiger partial charge in [-0.1, -0.05) is 6.07 Å². The number of aliphatic carboxylic acids is 1. The Kier molecular flexibility index (Phi) is 4.34. The van der Waals surface area contributed by atoms with Crippen LogP contribution in [-0.4, -0.2) is 52.2 Å². The van der Waals surface area contributed by atoms with E-state index >= 15 is 0 Å². The summed E-state index contributed by atoms with van der Waals surface area (Å²) in [5.74, 6) is -1.14. The fourth-order valence-corrected chi connectivity index (χ4v) is 2.18. The van der Waals surface area contributed by atoms with Crippen molar-refractivity contribution in [3.05, 3.63) is 29.6 Å². The van der Waals surface area contributed by atoms with Gasteiger partial charge in [0.1, 0.15) is 0 Å². The molecule has 2 rings (SSSR count). The molecule has 1 amide bonds. The molecule has 1 aliphatic heterocycles. The summed E-state index contributed by atoms with van der Waals surface area (Å²) < 4.78 is 5.29. The Labute approximate surface area is 117 Å². The van der Waals surface area contributed by atoms with Crippen LogP contribution in [0.4, 0.5) is 0 Å². The van der Waals surface area contributed by atoms with Crippen molar-refractivity contribution in [1.29, 1.82) is 0 Å². The second-order valence-electron chi connectivity index (χ2n) is 5.06. The van der Waals surface area contributed by atoms with Crippen LogP contribution in [-0.2, 0) is 20.7 Å². The molecule has 0 saturated carbocycles. The Hall–Kier alpha value is -1.95. The smallest absolute Gasteiger partial charge is 0.334 e. The number of carboxylic acids is 1. The van der Waals surface area contributed by atoms with Gasteiger partial charge in [-0.15, -0.1) is 0 Å². The zero-order valence-corrected chi connectivity index (χ0v) is 11.6. The summed E-state index contributed by atoms with van der Waals surface area (Å²) in [5, 5.41) is 9.00. The van der Waals surface area contributed by atoms with E-state index in [0.717, 1.165) is 11.3 Å². The van der Waals surface area contributed by atoms with Gasteiger partial charge in [-0.25, -0.2) is 4.79 Å². The second kappa shape index (κ2) is 6.00. The monoisotopic (exact) mass is 278 g/mol. The minimum Gasteiger partial charge on any atom is -0.479 e. The lowest BCUT2D eigenvalue weighted by molar-refractivity contribution is -0.166. The summed E-state index contributed by atoms with van der Waals surface area (Å²) >= 11 is 0. The highest BCUT2D eigenvalue weighted by molar-refractivity contribution is 5.80. The third-order valence-electron chi connectivity index (χ3n) is 3.22. The van der Waals surface area contributed by atoms with E-state index in [9.17, 15) is 9.59 Å². The number of morpholine rings is 1. The first-order valence-corrected chi connectivity index (χ1v) is 6.53. The third-order valence-corrected chi connectivity index (χ3v) is 3.22. The lowest BCUT2D eigenvalue weighted by Gasteiger charge is -2.35. The molecule has 1 aromatic heterocycles. The number of aromatic nitrogens is 1. The van der Waals surface area contributed by atoms with Gasteiger partial charge in [0, 0.05) is 18.4 Å². The van der Waals surface area contributed by atoms with E-state index in [4.69, 9.17) is 9.84 Å². The number of rotatable bonds is 3. The molecule has 6 heteroatoms. The standard InChI is InChI=1S/C14H18N2O4/c1-9-3-4-11(6-15-9)5-13(17)16-7-10(2)20-12(8-16)14(18)19/h3-4,6,10,12H,5,7-8H2,1-2H3,(H,18,19)/t10-,12?/m1/s1. The number of carbonyl (C=O) groups is 2. The van der Waals surface area contributed by atoms with Crippen LogP contribution in [0.1, 0.15) is 18.2 Å². The Morgan fingerprint density at radius 1 is 1.45 bits per heavy atom. The summed E-state index contributed by atoms with van der Waals surface area (Å²) in [6.45, 7) is 4.16. The van der Waals surface area contributed by atoms with Gasteiger partial charge >= 0.3 is 5.97 Å². The summed E-state index contributed by atoms with van der Waals surface area (Å²) in [4.78, 5) is 28.9. The summed E-state index contributed by atoms with van der Waals surface area (Å²) in [6.07, 6.45) is 0.682. The number of amides is 1. The molecule has 0 aromatic carbocycles. The lowest BCUT2D eigenvalue weighted by Crippen LogP contribution is -2.52. The van der Waals surface area contributed by atoms with Crippen molar-refractivity contribution in [2.24, 2.45) is 0 Å². The van der Waals surface area contributed by atoms with E-state index in [0.29, 0.717) is 6.54 Å². The van der Waals surface area contributed by atoms with Crippen molar-refractivity contribution < 1.29 is 19.4 Å². The van der Waals surface area contributed by atoms with Gasteiger partial charge in [-0.3, -0.25) is 9.78 Å². The summed E-state index contributed by atoms with van der Waals surface area (Å²) in [5.41, 5.74) is 1.72. The first-order valence-electron chi connectivity index (χ1n) is 6.53. The van der Waals surface area contributed by atoms with Gasteiger partial charge in [0.05, 0.1) is 19.1 Å². The largest absolute Gasteiger partial charge is 0.479 e. The first-order chi connectivity index (χ1) is 9.45. The van der Waals surface area contributed by atoms with Crippen LogP contribution < -0.4 is 0 Å². The van der Waals surface area contributed by atoms with E-state index in [1.165, 1.54) is 0 Å². The maximum Gasteiger partial charge on any atom is 0.334 e. The topological polar surface area (TPSA) is 79.7 Å². The average Bonchev–Trinajstić information content (AvgIpc) is 2.40. The zero-order valence-electron chi connectivity index (χ0n) is 11.6. The van der Waals surface area contributed by atoms with Gasteiger partial charge < -0.3 is 14.7 Å². The third kappa shape index (κ3) is 3.54. The van der Waals surface area contributed by atoms with Crippen molar-refractivity contribution in [2.45, 2.75) is 32.5 Å². The zero-order chi connectivity index (χ0) is 14.7. The molecule has 2 atom stereocenters. The molecule has 1 unspecified atom stereocenters. The minimum atomic E-state index is -1.04. The molecule has 1 aromatic rings. The number of nitrogens with zero attached hydrogens (tertiary/aromatic N) is 2. The quantitative estimate of drug-likeness (QED) is 0.877. The van der Waals surface area contributed by atoms with E-state index in [2.05, 4.69) is 4.98 Å². The summed E-state index contributed by atoms with van der Waals surface area (Å²) in [6, 6.07) is 3.71. The second-order valence-corrected chi connectivity index (χ2v) is 5.06. The normalized spacial score (nSPS) is 22.6. The van der Waals surface area contributed by atoms with Gasteiger partial charge in [-0.2, -0.15) is 0 Å². The highest BCUT2D eigenvalue weighted by Crippen LogP contribution is 2.13. The Bertz CT molecular complexity index is 500. The Morgan fingerprint density at radius 3 is 2.80 bits per heavy atom. The fraction of sp³-hybridized carbons (Fsp3) is 0.500. The van der Waals surface area contributed by atoms with Crippen LogP contribution in [0.2, 0.25) is 0 Å². The molecule has 1 saturated heterocycles. The fourth-order valence-electron chi connectivity index (χ4n) is 2.18. The van der Waals surface area contributed by atoms with E-state index in [1.54, 1.807) is 18.0 Å². The molecule has 1 aliphatic rings. The molecule has 6 nitrogen and oxygen atoms in total. The number of hydrogen-bond acceptors (Lipinski definition) is 4. The van der Waals surface area contributed by atoms with Crippen LogP contribution in [0, 0.1) is 6.92 Å². The molecule has 0 radical (unpaired) electrons. The predicted molar refractivity (Wildman–Crippen MR) is 71.2 cm³/mol. The Morgan fingerprint density at radius 2 is 2.20 bits per heavy atom. The van der Waals surface area contributed by atoms with Crippen LogP contribution in [0.3, 0.4) is 0 Å². The van der Waals surface area contributed by atoms with Crippen molar-refractivity contribution in [1.82, 2.24) is 9.88 Å². The van der Waals surface area contributed by atoms with Crippen molar-refractivity contribution in [3.63, 3.8) is 0 Å². The number of aryl methyl sites for hydroxylation is 1. The maximum absolute atomic E-state index is 12.2. The minimum absolute atomic E-state index is 0.0950. The predicted octanol–water partition coefficient (Wildman–Crippen LogP) is 0.633. The van der Waals surface area contributed by atoms with E-state index in [1.807, 2.05) is 19.1 Å². The molecular formula is C14H18N2O4. The molecule has 0 aliphatic carbocycles. The van der Waals surface area contributed by atoms with E-state index in [-0.39, 0.29) is 25.0 Å². The highest BCUT2D eigenvalue weighted by atomic mass is 16.5. The van der Waals surface area contributed by atoms with Crippen LogP contribution in [0.25, 0.3) is 0 Å². The van der Waals surface area contributed by atoms with Crippen molar-refractivity contribution >= 4 is 11.9 Å². The van der Waals surface area contributed by atoms with Gasteiger partial charge in [0.2, 0.25) is 5.91 Å². The molecule has 0 bridgehead atoms. The number of ether oxygens (including phenoxy) is 1. The van der Waals surface area contributed by atoms with Crippen LogP contribution in [0.5, 0.6) is 0 Å². The van der Waals surface area contributed by atoms with Crippen LogP contribution in [0.15, 0.2) is 18.3 Å². The number of pyridine rings is 1. The Balaban J connectivity index is 2.01. The van der Waals surface area contributed by atoms with E-state index < -0.39 is 12.1 Å². The van der Waals surface area contributed by atoms with Crippen molar-refractivity contribution in [2.75, 3.05) is 13.1 Å². The lowest BCUT2D eigenvalue weighted by atomic mass is 10.1. The first kappa shape index (κ1) is 14.5. The summed E-state index contributed by atoms with van der Waals surface area (Å²) in [7, 11) is 0. The molecule has 108 valence electrons. The highest BCUT2D eigenvalue weighted by Gasteiger charge is 2.32. The number of hydrogen-bond donors (Lipinski definition) is 1. The maximum atomic E-state index is 12.2. The number of carboxylic acid groups (broad SMARTS) is 1. The van der Waals surface area contributed by atoms with Crippen LogP contribution >= 0.6 is 0 Å². The molecule has 2 heterocycles. The van der Waals surface area contributed by atoms with Crippen molar-refractivity contribution in [3.8, 4) is 0 Å². The molecule has 20 heavy (non-hydrogen) atoms. The SMILES string of the molecule is Cc1ccc(CC(=O)N2CC(C(=O)O)O[C@H](C)C2)cn1. The molecule has 1 fully saturated rings. The van der Waals surface area contributed by atoms with Gasteiger partial charge in [-0.05, 0) is 25.5 Å². The van der Waals surface area contributed by atoms with Gasteiger partial charge in [0.25, 0.3) is 0 Å².